The number of rotatable bonds is 2. The minimum absolute atomic E-state index is 0. The second kappa shape index (κ2) is 6.30. The van der Waals surface area contributed by atoms with Crippen molar-refractivity contribution >= 4 is 20.2 Å². The molecular formula is CH3NNa2O6S2. The predicted molar refractivity (Wildman–Crippen MR) is 27.4 cm³/mol. The van der Waals surface area contributed by atoms with Crippen molar-refractivity contribution in [3.05, 3.63) is 0 Å². The van der Waals surface area contributed by atoms with E-state index < -0.39 is 24.9 Å². The maximum absolute atomic E-state index is 9.72. The molecular weight excluding hydrogens is 232 g/mol. The molecule has 0 amide bonds. The van der Waals surface area contributed by atoms with Gasteiger partial charge in [-0.05, 0) is 0 Å². The summed E-state index contributed by atoms with van der Waals surface area (Å²) in [6.45, 7) is 0. The molecule has 0 heterocycles. The van der Waals surface area contributed by atoms with Crippen LogP contribution in [0, 0.1) is 0 Å². The fourth-order valence-electron chi connectivity index (χ4n) is 0.144. The second-order valence-electron chi connectivity index (χ2n) is 1.35. The molecule has 0 aliphatic carbocycles. The maximum Gasteiger partial charge on any atom is 1.00 e. The zero-order valence-electron chi connectivity index (χ0n) is 6.42. The molecule has 0 saturated heterocycles. The Balaban J connectivity index is -0.000000405. The monoisotopic (exact) mass is 235 g/mol. The van der Waals surface area contributed by atoms with Crippen LogP contribution in [0.25, 0.3) is 0 Å². The van der Waals surface area contributed by atoms with Crippen LogP contribution < -0.4 is 64.8 Å². The molecule has 0 radical (unpaired) electrons. The topological polar surface area (TPSA) is 140 Å². The van der Waals surface area contributed by atoms with Crippen molar-refractivity contribution in [2.24, 2.45) is 5.73 Å². The summed E-state index contributed by atoms with van der Waals surface area (Å²) >= 11 is 0. The molecule has 11 heteroatoms. The summed E-state index contributed by atoms with van der Waals surface area (Å²) in [7, 11) is -10.5. The van der Waals surface area contributed by atoms with Gasteiger partial charge in [0.15, 0.2) is 4.71 Å². The van der Waals surface area contributed by atoms with Gasteiger partial charge in [0.1, 0.15) is 20.2 Å². The van der Waals surface area contributed by atoms with Crippen LogP contribution in [-0.2, 0) is 20.2 Å². The van der Waals surface area contributed by atoms with Gasteiger partial charge in [0, 0.05) is 0 Å². The van der Waals surface area contributed by atoms with Crippen molar-refractivity contribution in [2.45, 2.75) is 4.71 Å². The Kier molecular flexibility index (Phi) is 10.2. The third-order valence-corrected chi connectivity index (χ3v) is 3.12. The van der Waals surface area contributed by atoms with Gasteiger partial charge in [-0.15, -0.1) is 0 Å². The van der Waals surface area contributed by atoms with Gasteiger partial charge in [0.25, 0.3) is 0 Å². The normalized spacial score (nSPS) is 11.7. The quantitative estimate of drug-likeness (QED) is 0.370. The predicted octanol–water partition coefficient (Wildman–Crippen LogP) is -8.67. The van der Waals surface area contributed by atoms with Crippen molar-refractivity contribution < 1.29 is 85.1 Å². The number of hydrogen-bond donors (Lipinski definition) is 1. The van der Waals surface area contributed by atoms with Crippen LogP contribution in [0.4, 0.5) is 0 Å². The fourth-order valence-corrected chi connectivity index (χ4v) is 1.30. The summed E-state index contributed by atoms with van der Waals surface area (Å²) in [5.74, 6) is 0. The molecule has 0 spiro atoms. The van der Waals surface area contributed by atoms with Crippen LogP contribution in [0.1, 0.15) is 0 Å². The van der Waals surface area contributed by atoms with Crippen molar-refractivity contribution in [2.75, 3.05) is 0 Å². The van der Waals surface area contributed by atoms with E-state index >= 15 is 0 Å². The Morgan fingerprint density at radius 2 is 1.08 bits per heavy atom. The fraction of sp³-hybridized carbons (Fsp3) is 1.00. The van der Waals surface area contributed by atoms with Gasteiger partial charge in [-0.3, -0.25) is 0 Å². The van der Waals surface area contributed by atoms with Gasteiger partial charge in [-0.25, -0.2) is 16.8 Å². The van der Waals surface area contributed by atoms with Gasteiger partial charge in [0.05, 0.1) is 0 Å². The van der Waals surface area contributed by atoms with E-state index in [2.05, 4.69) is 5.73 Å². The first-order valence-electron chi connectivity index (χ1n) is 1.80. The Bertz CT molecular complexity index is 272. The summed E-state index contributed by atoms with van der Waals surface area (Å²) in [5, 5.41) is 0. The summed E-state index contributed by atoms with van der Waals surface area (Å²) in [6, 6.07) is 0. The van der Waals surface area contributed by atoms with E-state index in [-0.39, 0.29) is 59.1 Å². The van der Waals surface area contributed by atoms with Crippen LogP contribution in [0.15, 0.2) is 0 Å². The van der Waals surface area contributed by atoms with Gasteiger partial charge < -0.3 is 14.8 Å². The summed E-state index contributed by atoms with van der Waals surface area (Å²) in [4.78, 5) is 0. The molecule has 0 aromatic carbocycles. The van der Waals surface area contributed by atoms with E-state index in [0.717, 1.165) is 0 Å². The van der Waals surface area contributed by atoms with Crippen LogP contribution in [-0.4, -0.2) is 30.6 Å². The van der Waals surface area contributed by atoms with Crippen LogP contribution in [0.5, 0.6) is 0 Å². The first-order valence-corrected chi connectivity index (χ1v) is 4.75. The van der Waals surface area contributed by atoms with E-state index in [1.807, 2.05) is 0 Å². The average molecular weight is 235 g/mol. The van der Waals surface area contributed by atoms with Crippen molar-refractivity contribution in [1.82, 2.24) is 0 Å². The Labute approximate surface area is 114 Å². The first-order chi connectivity index (χ1) is 4.15. The zero-order chi connectivity index (χ0) is 8.58. The third kappa shape index (κ3) is 7.21. The average Bonchev–Trinajstić information content (AvgIpc) is 1.59. The van der Waals surface area contributed by atoms with Gasteiger partial charge in [-0.1, -0.05) is 0 Å². The summed E-state index contributed by atoms with van der Waals surface area (Å²) in [6.07, 6.45) is 0. The minimum Gasteiger partial charge on any atom is -0.746 e. The van der Waals surface area contributed by atoms with Crippen molar-refractivity contribution in [1.29, 1.82) is 0 Å². The summed E-state index contributed by atoms with van der Waals surface area (Å²) in [5.41, 5.74) is 4.23. The van der Waals surface area contributed by atoms with E-state index in [0.29, 0.717) is 0 Å². The first kappa shape index (κ1) is 19.4. The molecule has 0 atom stereocenters. The molecule has 0 saturated carbocycles. The van der Waals surface area contributed by atoms with Crippen LogP contribution >= 0.6 is 0 Å². The van der Waals surface area contributed by atoms with Crippen LogP contribution in [0.3, 0.4) is 0 Å². The van der Waals surface area contributed by atoms with E-state index in [4.69, 9.17) is 0 Å². The molecule has 0 bridgehead atoms. The number of nitrogens with two attached hydrogens (primary N) is 1. The van der Waals surface area contributed by atoms with Gasteiger partial charge >= 0.3 is 59.1 Å². The number of hydrogen-bond acceptors (Lipinski definition) is 7. The molecule has 12 heavy (non-hydrogen) atoms. The summed E-state index contributed by atoms with van der Waals surface area (Å²) < 4.78 is 55.4. The largest absolute Gasteiger partial charge is 1.00 e. The molecule has 0 aromatic rings. The second-order valence-corrected chi connectivity index (χ2v) is 4.64. The molecule has 0 aliphatic heterocycles. The van der Waals surface area contributed by atoms with Crippen molar-refractivity contribution in [3.8, 4) is 0 Å². The third-order valence-electron chi connectivity index (χ3n) is 0.569. The Morgan fingerprint density at radius 1 is 0.917 bits per heavy atom. The van der Waals surface area contributed by atoms with E-state index in [9.17, 15) is 25.9 Å². The molecule has 0 unspecified atom stereocenters. The van der Waals surface area contributed by atoms with E-state index in [1.54, 1.807) is 0 Å². The molecule has 7 nitrogen and oxygen atoms in total. The SMILES string of the molecule is NC(S(=O)(=O)[O-])S(=O)(=O)[O-].[Na+].[Na+]. The maximum atomic E-state index is 9.72. The molecule has 0 aromatic heterocycles. The molecule has 0 rings (SSSR count). The van der Waals surface area contributed by atoms with Crippen molar-refractivity contribution in [3.63, 3.8) is 0 Å². The standard InChI is InChI=1S/CH5NO6S2.2Na/c2-1(9(3,4)5)10(6,7)8;;/h1H,2H2,(H,3,4,5)(H,6,7,8);;/q;2*+1/p-2. The molecule has 2 N–H and O–H groups in total. The molecule has 62 valence electrons. The van der Waals surface area contributed by atoms with Crippen LogP contribution in [0.2, 0.25) is 0 Å². The Hall–Kier alpha value is 1.78. The van der Waals surface area contributed by atoms with E-state index in [1.165, 1.54) is 0 Å². The molecule has 0 fully saturated rings. The zero-order valence-corrected chi connectivity index (χ0v) is 12.1. The van der Waals surface area contributed by atoms with Gasteiger partial charge in [-0.2, -0.15) is 0 Å². The smallest absolute Gasteiger partial charge is 0.746 e. The molecule has 0 aliphatic rings. The minimum atomic E-state index is -5.23. The van der Waals surface area contributed by atoms with Gasteiger partial charge in [0.2, 0.25) is 0 Å². The Morgan fingerprint density at radius 3 is 1.08 bits per heavy atom.